The fourth-order valence-corrected chi connectivity index (χ4v) is 2.29. The van der Waals surface area contributed by atoms with Crippen LogP contribution in [0.4, 0.5) is 5.69 Å². The van der Waals surface area contributed by atoms with Crippen LogP contribution in [0.25, 0.3) is 0 Å². The van der Waals surface area contributed by atoms with Gasteiger partial charge in [-0.3, -0.25) is 0 Å². The third kappa shape index (κ3) is 2.44. The minimum Gasteiger partial charge on any atom is -0.497 e. The van der Waals surface area contributed by atoms with Gasteiger partial charge in [0, 0.05) is 17.8 Å². The van der Waals surface area contributed by atoms with Gasteiger partial charge in [0.05, 0.1) is 7.11 Å². The Labute approximate surface area is 91.6 Å². The topological polar surface area (TPSA) is 21.3 Å². The molecule has 1 fully saturated rings. The average molecular weight is 205 g/mol. The van der Waals surface area contributed by atoms with Gasteiger partial charge in [-0.2, -0.15) is 0 Å². The first-order valence-electron chi connectivity index (χ1n) is 5.70. The smallest absolute Gasteiger partial charge is 0.120 e. The van der Waals surface area contributed by atoms with E-state index in [1.807, 2.05) is 12.1 Å². The van der Waals surface area contributed by atoms with Crippen LogP contribution in [0, 0.1) is 5.92 Å². The van der Waals surface area contributed by atoms with Crippen molar-refractivity contribution in [3.05, 3.63) is 24.3 Å². The molecule has 0 saturated heterocycles. The Morgan fingerprint density at radius 2 is 2.20 bits per heavy atom. The molecule has 1 N–H and O–H groups in total. The van der Waals surface area contributed by atoms with E-state index in [1.54, 1.807) is 7.11 Å². The number of hydrogen-bond donors (Lipinski definition) is 1. The van der Waals surface area contributed by atoms with Gasteiger partial charge in [-0.15, -0.1) is 0 Å². The van der Waals surface area contributed by atoms with Crippen molar-refractivity contribution in [2.24, 2.45) is 5.92 Å². The number of anilines is 1. The van der Waals surface area contributed by atoms with Crippen molar-refractivity contribution in [3.63, 3.8) is 0 Å². The van der Waals surface area contributed by atoms with Gasteiger partial charge >= 0.3 is 0 Å². The molecular formula is C13H19NO. The molecule has 2 nitrogen and oxygen atoms in total. The summed E-state index contributed by atoms with van der Waals surface area (Å²) < 4.78 is 5.21. The van der Waals surface area contributed by atoms with Crippen molar-refractivity contribution in [1.29, 1.82) is 0 Å². The number of benzene rings is 1. The summed E-state index contributed by atoms with van der Waals surface area (Å²) in [7, 11) is 1.71. The van der Waals surface area contributed by atoms with Gasteiger partial charge in [0.15, 0.2) is 0 Å². The normalized spacial score (nSPS) is 25.2. The summed E-state index contributed by atoms with van der Waals surface area (Å²) in [6.45, 7) is 2.32. The van der Waals surface area contributed by atoms with Crippen LogP contribution >= 0.6 is 0 Å². The average Bonchev–Trinajstić information content (AvgIpc) is 2.65. The summed E-state index contributed by atoms with van der Waals surface area (Å²) in [4.78, 5) is 0. The van der Waals surface area contributed by atoms with Crippen LogP contribution in [0.15, 0.2) is 24.3 Å². The third-order valence-corrected chi connectivity index (χ3v) is 3.28. The summed E-state index contributed by atoms with van der Waals surface area (Å²) in [6.07, 6.45) is 3.99. The van der Waals surface area contributed by atoms with Crippen LogP contribution in [0.2, 0.25) is 0 Å². The van der Waals surface area contributed by atoms with Crippen LogP contribution < -0.4 is 10.1 Å². The van der Waals surface area contributed by atoms with Gasteiger partial charge in [-0.05, 0) is 30.9 Å². The highest BCUT2D eigenvalue weighted by Crippen LogP contribution is 2.28. The van der Waals surface area contributed by atoms with Crippen LogP contribution in [0.3, 0.4) is 0 Å². The van der Waals surface area contributed by atoms with Crippen LogP contribution in [-0.2, 0) is 0 Å². The molecule has 0 spiro atoms. The second kappa shape index (κ2) is 4.56. The summed E-state index contributed by atoms with van der Waals surface area (Å²) in [5, 5.41) is 3.59. The lowest BCUT2D eigenvalue weighted by Gasteiger charge is -2.18. The predicted molar refractivity (Wildman–Crippen MR) is 63.4 cm³/mol. The Morgan fingerprint density at radius 1 is 1.33 bits per heavy atom. The van der Waals surface area contributed by atoms with E-state index in [4.69, 9.17) is 4.74 Å². The first kappa shape index (κ1) is 10.3. The van der Waals surface area contributed by atoms with Crippen molar-refractivity contribution < 1.29 is 4.74 Å². The van der Waals surface area contributed by atoms with Crippen molar-refractivity contribution in [3.8, 4) is 5.75 Å². The number of ether oxygens (including phenoxy) is 1. The minimum absolute atomic E-state index is 0.636. The predicted octanol–water partition coefficient (Wildman–Crippen LogP) is 3.30. The van der Waals surface area contributed by atoms with Crippen LogP contribution in [0.1, 0.15) is 26.2 Å². The molecule has 1 aromatic carbocycles. The van der Waals surface area contributed by atoms with Gasteiger partial charge < -0.3 is 10.1 Å². The van der Waals surface area contributed by atoms with Crippen molar-refractivity contribution >= 4 is 5.69 Å². The first-order chi connectivity index (χ1) is 7.29. The van der Waals surface area contributed by atoms with Gasteiger partial charge in [0.25, 0.3) is 0 Å². The van der Waals surface area contributed by atoms with Gasteiger partial charge in [0.1, 0.15) is 5.75 Å². The van der Waals surface area contributed by atoms with Crippen molar-refractivity contribution in [2.75, 3.05) is 12.4 Å². The number of nitrogens with one attached hydrogen (secondary N) is 1. The lowest BCUT2D eigenvalue weighted by molar-refractivity contribution is 0.415. The van der Waals surface area contributed by atoms with Crippen molar-refractivity contribution in [2.45, 2.75) is 32.2 Å². The zero-order valence-electron chi connectivity index (χ0n) is 9.49. The molecular weight excluding hydrogens is 186 g/mol. The largest absolute Gasteiger partial charge is 0.497 e. The Bertz CT molecular complexity index is 324. The molecule has 2 rings (SSSR count). The van der Waals surface area contributed by atoms with E-state index in [0.717, 1.165) is 11.7 Å². The van der Waals surface area contributed by atoms with Gasteiger partial charge in [0.2, 0.25) is 0 Å². The molecule has 2 unspecified atom stereocenters. The molecule has 0 heterocycles. The maximum Gasteiger partial charge on any atom is 0.120 e. The highest BCUT2D eigenvalue weighted by Gasteiger charge is 2.22. The molecule has 0 radical (unpaired) electrons. The molecule has 0 aromatic heterocycles. The van der Waals surface area contributed by atoms with Crippen LogP contribution in [0.5, 0.6) is 5.75 Å². The Morgan fingerprint density at radius 3 is 2.87 bits per heavy atom. The zero-order chi connectivity index (χ0) is 10.7. The number of hydrogen-bond acceptors (Lipinski definition) is 2. The summed E-state index contributed by atoms with van der Waals surface area (Å²) in [6, 6.07) is 8.81. The second-order valence-electron chi connectivity index (χ2n) is 4.39. The molecule has 0 amide bonds. The van der Waals surface area contributed by atoms with E-state index in [2.05, 4.69) is 24.4 Å². The molecule has 1 aliphatic rings. The molecule has 0 aliphatic heterocycles. The second-order valence-corrected chi connectivity index (χ2v) is 4.39. The summed E-state index contributed by atoms with van der Waals surface area (Å²) >= 11 is 0. The SMILES string of the molecule is COc1cccc(NC2CCCC2C)c1. The highest BCUT2D eigenvalue weighted by atomic mass is 16.5. The fraction of sp³-hybridized carbons (Fsp3) is 0.538. The standard InChI is InChI=1S/C13H19NO/c1-10-5-3-8-13(10)14-11-6-4-7-12(9-11)15-2/h4,6-7,9-10,13-14H,3,5,8H2,1-2H3. The molecule has 1 saturated carbocycles. The maximum absolute atomic E-state index is 5.21. The first-order valence-corrected chi connectivity index (χ1v) is 5.70. The van der Waals surface area contributed by atoms with E-state index >= 15 is 0 Å². The van der Waals surface area contributed by atoms with Crippen LogP contribution in [-0.4, -0.2) is 13.2 Å². The third-order valence-electron chi connectivity index (χ3n) is 3.28. The van der Waals surface area contributed by atoms with E-state index in [0.29, 0.717) is 6.04 Å². The summed E-state index contributed by atoms with van der Waals surface area (Å²) in [5.74, 6) is 1.71. The zero-order valence-corrected chi connectivity index (χ0v) is 9.49. The van der Waals surface area contributed by atoms with Gasteiger partial charge in [-0.25, -0.2) is 0 Å². The quantitative estimate of drug-likeness (QED) is 0.817. The van der Waals surface area contributed by atoms with E-state index in [9.17, 15) is 0 Å². The molecule has 2 atom stereocenters. The Kier molecular flexibility index (Phi) is 3.14. The molecule has 2 heteroatoms. The van der Waals surface area contributed by atoms with Gasteiger partial charge in [-0.1, -0.05) is 19.4 Å². The number of rotatable bonds is 3. The monoisotopic (exact) mass is 205 g/mol. The van der Waals surface area contributed by atoms with Crippen molar-refractivity contribution in [1.82, 2.24) is 0 Å². The lowest BCUT2D eigenvalue weighted by atomic mass is 10.1. The minimum atomic E-state index is 0.636. The molecule has 0 bridgehead atoms. The van der Waals surface area contributed by atoms with E-state index < -0.39 is 0 Å². The molecule has 15 heavy (non-hydrogen) atoms. The molecule has 82 valence electrons. The van der Waals surface area contributed by atoms with E-state index in [-0.39, 0.29) is 0 Å². The Balaban J connectivity index is 2.03. The number of methoxy groups -OCH3 is 1. The summed E-state index contributed by atoms with van der Waals surface area (Å²) in [5.41, 5.74) is 1.17. The lowest BCUT2D eigenvalue weighted by Crippen LogP contribution is -2.21. The van der Waals surface area contributed by atoms with E-state index in [1.165, 1.54) is 24.9 Å². The fourth-order valence-electron chi connectivity index (χ4n) is 2.29. The maximum atomic E-state index is 5.21. The molecule has 1 aliphatic carbocycles. The highest BCUT2D eigenvalue weighted by molar-refractivity contribution is 5.49. The Hall–Kier alpha value is -1.18. The molecule has 1 aromatic rings.